The summed E-state index contributed by atoms with van der Waals surface area (Å²) in [5.41, 5.74) is 0.365. The molecule has 10 heteroatoms. The van der Waals surface area contributed by atoms with Crippen molar-refractivity contribution in [3.8, 4) is 0 Å². The fraction of sp³-hybridized carbons (Fsp3) is 0.737. The summed E-state index contributed by atoms with van der Waals surface area (Å²) in [5, 5.41) is 3.27. The van der Waals surface area contributed by atoms with Crippen molar-refractivity contribution < 1.29 is 17.8 Å². The molecule has 29 heavy (non-hydrogen) atoms. The van der Waals surface area contributed by atoms with Crippen molar-refractivity contribution in [1.82, 2.24) is 19.8 Å². The van der Waals surface area contributed by atoms with E-state index < -0.39 is 21.8 Å². The number of amides is 1. The molecule has 162 valence electrons. The third-order valence-electron chi connectivity index (χ3n) is 6.50. The topological polar surface area (TPSA) is 102 Å². The predicted octanol–water partition coefficient (Wildman–Crippen LogP) is 1.35. The Morgan fingerprint density at radius 3 is 2.24 bits per heavy atom. The Bertz CT molecular complexity index is 785. The molecule has 2 rings (SSSR count). The zero-order valence-corrected chi connectivity index (χ0v) is 25.7. The number of nitrogens with zero attached hydrogens (tertiary/aromatic N) is 2. The molecule has 0 radical (unpaired) electrons. The minimum Gasteiger partial charge on any atom is -0.365 e. The third-order valence-corrected chi connectivity index (χ3v) is 6.95. The Kier molecular flexibility index (Phi) is 6.48. The summed E-state index contributed by atoms with van der Waals surface area (Å²) in [6.45, 7) is 17.6. The van der Waals surface area contributed by atoms with Crippen LogP contribution >= 0.6 is 0 Å². The van der Waals surface area contributed by atoms with Crippen LogP contribution in [0.2, 0.25) is 0 Å². The summed E-state index contributed by atoms with van der Waals surface area (Å²) in [4.78, 5) is 16.6. The van der Waals surface area contributed by atoms with E-state index in [1.54, 1.807) is 16.7 Å². The SMILES string of the molecule is C=C(C1CC(C)CN1C(=C)C(C)(C)NC)N(C)C1(C(=O)NS(=O)(=O)O)CC1C.[Rf]. The van der Waals surface area contributed by atoms with Crippen molar-refractivity contribution in [2.75, 3.05) is 20.6 Å². The van der Waals surface area contributed by atoms with Crippen LogP contribution < -0.4 is 10.0 Å². The standard InChI is InChI=1S/C19H34N4O4S.Rf/c1-12-9-16(23(11-12)15(4)18(5,6)20-7)14(3)22(8)19(10-13(19)2)17(24)21-28(25,26)27;/h12-13,16,20H,3-4,9-11H2,1-2,5-8H3,(H,21,24)(H,25,26,27);. The number of likely N-dealkylation sites (N-methyl/N-ethyl adjacent to an activating group) is 2. The number of nitrogens with one attached hydrogen (secondary N) is 2. The Balaban J connectivity index is 0.00000420. The predicted molar refractivity (Wildman–Crippen MR) is 110 cm³/mol. The van der Waals surface area contributed by atoms with Crippen LogP contribution in [0.5, 0.6) is 0 Å². The molecule has 8 nitrogen and oxygen atoms in total. The number of rotatable bonds is 8. The molecule has 4 atom stereocenters. The monoisotopic (exact) mass is 681 g/mol. The van der Waals surface area contributed by atoms with Crippen LogP contribution in [0, 0.1) is 11.8 Å². The van der Waals surface area contributed by atoms with Crippen molar-refractivity contribution in [2.24, 2.45) is 11.8 Å². The van der Waals surface area contributed by atoms with E-state index in [4.69, 9.17) is 4.55 Å². The van der Waals surface area contributed by atoms with Gasteiger partial charge in [-0.1, -0.05) is 27.0 Å². The maximum atomic E-state index is 12.6. The van der Waals surface area contributed by atoms with Gasteiger partial charge in [0.2, 0.25) is 0 Å². The van der Waals surface area contributed by atoms with Crippen molar-refractivity contribution >= 4 is 16.2 Å². The molecular formula is C19H34N4O4RfS. The van der Waals surface area contributed by atoms with Crippen molar-refractivity contribution in [2.45, 2.75) is 57.7 Å². The van der Waals surface area contributed by atoms with Gasteiger partial charge in [-0.15, -0.1) is 0 Å². The molecule has 0 aromatic rings. The summed E-state index contributed by atoms with van der Waals surface area (Å²) in [6.07, 6.45) is 1.36. The molecule has 1 saturated heterocycles. The van der Waals surface area contributed by atoms with Gasteiger partial charge in [0.15, 0.2) is 0 Å². The Hall–Kier alpha value is -2.58. The second kappa shape index (κ2) is 7.68. The molecular weight excluding hydrogens is 647 g/mol. The van der Waals surface area contributed by atoms with E-state index in [-0.39, 0.29) is 17.5 Å². The van der Waals surface area contributed by atoms with Crippen LogP contribution in [0.15, 0.2) is 24.6 Å². The van der Waals surface area contributed by atoms with E-state index in [0.29, 0.717) is 12.3 Å². The van der Waals surface area contributed by atoms with Crippen LogP contribution in [0.3, 0.4) is 0 Å². The van der Waals surface area contributed by atoms with E-state index in [1.807, 2.05) is 14.0 Å². The molecule has 2 fully saturated rings. The summed E-state index contributed by atoms with van der Waals surface area (Å²) in [7, 11) is -0.956. The van der Waals surface area contributed by atoms with Crippen LogP contribution in [0.1, 0.15) is 40.5 Å². The first-order chi connectivity index (χ1) is 12.7. The average Bonchev–Trinajstić information content (AvgIpc) is 3.11. The first-order valence-corrected chi connectivity index (χ1v) is 11.0. The first-order valence-electron chi connectivity index (χ1n) is 9.54. The molecule has 0 aromatic heterocycles. The minimum atomic E-state index is -4.61. The zero-order chi connectivity index (χ0) is 21.7. The van der Waals surface area contributed by atoms with E-state index in [9.17, 15) is 13.2 Å². The van der Waals surface area contributed by atoms with Gasteiger partial charge in [0, 0.05) is 25.0 Å². The summed E-state index contributed by atoms with van der Waals surface area (Å²) in [5.74, 6) is -0.350. The maximum absolute atomic E-state index is 12.6. The largest absolute Gasteiger partial charge is 0.365 e. The number of hydrogen-bond donors (Lipinski definition) is 3. The fourth-order valence-corrected chi connectivity index (χ4v) is 4.60. The van der Waals surface area contributed by atoms with Gasteiger partial charge in [-0.05, 0) is 45.6 Å². The quantitative estimate of drug-likeness (QED) is 0.333. The van der Waals surface area contributed by atoms with E-state index in [0.717, 1.165) is 24.4 Å². The van der Waals surface area contributed by atoms with E-state index in [2.05, 4.69) is 44.1 Å². The van der Waals surface area contributed by atoms with Gasteiger partial charge in [-0.2, -0.15) is 8.42 Å². The Morgan fingerprint density at radius 1 is 1.31 bits per heavy atom. The minimum absolute atomic E-state index is 0. The summed E-state index contributed by atoms with van der Waals surface area (Å²) < 4.78 is 33.1. The second-order valence-electron chi connectivity index (χ2n) is 8.82. The fourth-order valence-electron chi connectivity index (χ4n) is 4.19. The molecule has 3 N–H and O–H groups in total. The van der Waals surface area contributed by atoms with Gasteiger partial charge in [0.25, 0.3) is 5.91 Å². The van der Waals surface area contributed by atoms with Gasteiger partial charge in [0.05, 0.1) is 11.6 Å². The van der Waals surface area contributed by atoms with Gasteiger partial charge in [0.1, 0.15) is 5.54 Å². The molecule has 1 heterocycles. The normalized spacial score (nSPS) is 29.1. The number of carbonyl (C=O) groups excluding carboxylic acids is 1. The van der Waals surface area contributed by atoms with Crippen molar-refractivity contribution in [3.05, 3.63) is 24.6 Å². The molecule has 1 aliphatic carbocycles. The van der Waals surface area contributed by atoms with Gasteiger partial charge >= 0.3 is 10.3 Å². The van der Waals surface area contributed by atoms with Crippen LogP contribution in [0.25, 0.3) is 0 Å². The molecule has 1 aliphatic heterocycles. The average molecular weight is 682 g/mol. The van der Waals surface area contributed by atoms with Gasteiger partial charge < -0.3 is 15.1 Å². The summed E-state index contributed by atoms with van der Waals surface area (Å²) >= 11 is 0. The smallest absolute Gasteiger partial charge is 0.359 e. The molecule has 0 bridgehead atoms. The molecule has 4 unspecified atom stereocenters. The zero-order valence-electron chi connectivity index (χ0n) is 18.4. The van der Waals surface area contributed by atoms with Gasteiger partial charge in [-0.3, -0.25) is 9.35 Å². The number of carbonyl (C=O) groups is 1. The molecule has 0 spiro atoms. The van der Waals surface area contributed by atoms with Crippen LogP contribution in [0.4, 0.5) is 0 Å². The van der Waals surface area contributed by atoms with Crippen LogP contribution in [-0.4, -0.2) is 66.4 Å². The van der Waals surface area contributed by atoms with Crippen molar-refractivity contribution in [1.29, 1.82) is 0 Å². The number of likely N-dealkylation sites (tertiary alicyclic amines) is 1. The first kappa shape index (κ1) is 24.5. The number of hydrogen-bond acceptors (Lipinski definition) is 6. The van der Waals surface area contributed by atoms with E-state index >= 15 is 0 Å². The molecule has 1 amide bonds. The molecule has 1 saturated carbocycles. The molecule has 0 aromatic carbocycles. The Morgan fingerprint density at radius 2 is 1.83 bits per heavy atom. The second-order valence-corrected chi connectivity index (χ2v) is 9.97. The van der Waals surface area contributed by atoms with Crippen molar-refractivity contribution in [3.63, 3.8) is 0 Å². The molecule has 2 aliphatic rings. The van der Waals surface area contributed by atoms with Gasteiger partial charge in [-0.25, -0.2) is 4.72 Å². The third kappa shape index (κ3) is 4.38. The van der Waals surface area contributed by atoms with Crippen LogP contribution in [-0.2, 0) is 15.1 Å². The summed E-state index contributed by atoms with van der Waals surface area (Å²) in [6, 6.07) is -0.0386. The van der Waals surface area contributed by atoms with E-state index in [1.165, 1.54) is 0 Å². The maximum Gasteiger partial charge on any atom is 0.359 e. The Labute approximate surface area is 168 Å².